The van der Waals surface area contributed by atoms with Crippen LogP contribution in [-0.4, -0.2) is 6.29 Å². The van der Waals surface area contributed by atoms with Crippen LogP contribution in [0.1, 0.15) is 76.6 Å². The number of hydrogen-bond acceptors (Lipinski definition) is 1. The highest BCUT2D eigenvalue weighted by molar-refractivity contribution is 5.74. The first-order valence-corrected chi connectivity index (χ1v) is 10.1. The van der Waals surface area contributed by atoms with Crippen LogP contribution in [0, 0.1) is 0 Å². The maximum Gasteiger partial charge on any atom is 0.116 e. The molecule has 3 rings (SSSR count). The summed E-state index contributed by atoms with van der Waals surface area (Å²) in [5.74, 6) is 0. The van der Waals surface area contributed by atoms with Crippen LogP contribution >= 0.6 is 0 Å². The summed E-state index contributed by atoms with van der Waals surface area (Å²) in [5.41, 5.74) is 8.55. The third kappa shape index (κ3) is 4.52. The lowest BCUT2D eigenvalue weighted by Gasteiger charge is -2.42. The average molecular weight is 375 g/mol. The van der Waals surface area contributed by atoms with Crippen LogP contribution in [0.2, 0.25) is 0 Å². The number of carbonyl (C=O) groups is 1. The van der Waals surface area contributed by atoms with E-state index in [9.17, 15) is 0 Å². The van der Waals surface area contributed by atoms with Crippen LogP contribution in [0.5, 0.6) is 0 Å². The molecule has 2 aromatic carbocycles. The Balaban J connectivity index is 0.000000878. The molecule has 0 atom stereocenters. The van der Waals surface area contributed by atoms with Crippen molar-refractivity contribution in [1.82, 2.24) is 0 Å². The fourth-order valence-corrected chi connectivity index (χ4v) is 4.03. The van der Waals surface area contributed by atoms with Gasteiger partial charge in [0.1, 0.15) is 6.29 Å². The molecule has 1 aliphatic rings. The highest BCUT2D eigenvalue weighted by atomic mass is 16.1. The van der Waals surface area contributed by atoms with Gasteiger partial charge >= 0.3 is 0 Å². The van der Waals surface area contributed by atoms with Crippen LogP contribution in [0.4, 0.5) is 0 Å². The van der Waals surface area contributed by atoms with E-state index < -0.39 is 0 Å². The fraction of sp³-hybridized carbons (Fsp3) is 0.370. The summed E-state index contributed by atoms with van der Waals surface area (Å²) in [6.45, 7) is 17.0. The molecule has 1 heteroatoms. The Hall–Kier alpha value is -2.41. The molecule has 0 N–H and O–H groups in total. The summed E-state index contributed by atoms with van der Waals surface area (Å²) in [6, 6.07) is 13.8. The van der Waals surface area contributed by atoms with E-state index in [0.717, 1.165) is 6.29 Å². The number of fused-ring (bicyclic) bond motifs is 1. The van der Waals surface area contributed by atoms with Gasteiger partial charge in [0.15, 0.2) is 0 Å². The van der Waals surface area contributed by atoms with Crippen molar-refractivity contribution in [3.8, 4) is 11.1 Å². The van der Waals surface area contributed by atoms with Gasteiger partial charge in [-0.25, -0.2) is 0 Å². The van der Waals surface area contributed by atoms with Crippen molar-refractivity contribution in [1.29, 1.82) is 0 Å². The molecule has 0 saturated carbocycles. The monoisotopic (exact) mass is 374 g/mol. The minimum atomic E-state index is 0.244. The van der Waals surface area contributed by atoms with Crippen LogP contribution in [0.15, 0.2) is 49.1 Å². The van der Waals surface area contributed by atoms with E-state index in [1.54, 1.807) is 0 Å². The summed E-state index contributed by atoms with van der Waals surface area (Å²) in [6.07, 6.45) is 9.43. The van der Waals surface area contributed by atoms with Gasteiger partial charge in [-0.1, -0.05) is 82.8 Å². The molecule has 0 aromatic heterocycles. The van der Waals surface area contributed by atoms with E-state index in [1.807, 2.05) is 6.08 Å². The van der Waals surface area contributed by atoms with Gasteiger partial charge in [0.25, 0.3) is 0 Å². The van der Waals surface area contributed by atoms with Crippen LogP contribution in [0.3, 0.4) is 0 Å². The topological polar surface area (TPSA) is 17.1 Å². The van der Waals surface area contributed by atoms with Gasteiger partial charge < -0.3 is 4.79 Å². The molecule has 0 unspecified atom stereocenters. The summed E-state index contributed by atoms with van der Waals surface area (Å²) in [5, 5.41) is 0. The van der Waals surface area contributed by atoms with E-state index in [-0.39, 0.29) is 10.8 Å². The van der Waals surface area contributed by atoms with Gasteiger partial charge in [0.05, 0.1) is 0 Å². The zero-order chi connectivity index (χ0) is 20.9. The number of hydrogen-bond donors (Lipinski definition) is 0. The predicted molar refractivity (Wildman–Crippen MR) is 124 cm³/mol. The summed E-state index contributed by atoms with van der Waals surface area (Å²) in [7, 11) is 0. The summed E-state index contributed by atoms with van der Waals surface area (Å²) in [4.78, 5) is 8.81. The van der Waals surface area contributed by atoms with Crippen molar-refractivity contribution in [2.75, 3.05) is 0 Å². The number of carbonyl (C=O) groups excluding carboxylic acids is 1. The molecule has 1 aliphatic carbocycles. The minimum absolute atomic E-state index is 0.244. The summed E-state index contributed by atoms with van der Waals surface area (Å²) >= 11 is 0. The Morgan fingerprint density at radius 3 is 1.93 bits per heavy atom. The molecule has 0 amide bonds. The lowest BCUT2D eigenvalue weighted by atomic mass is 9.63. The van der Waals surface area contributed by atoms with Crippen LogP contribution in [-0.2, 0) is 15.6 Å². The smallest absolute Gasteiger partial charge is 0.116 e. The predicted octanol–water partition coefficient (Wildman–Crippen LogP) is 7.58. The molecule has 0 heterocycles. The van der Waals surface area contributed by atoms with Crippen molar-refractivity contribution in [2.45, 2.75) is 65.2 Å². The van der Waals surface area contributed by atoms with Gasteiger partial charge in [-0.2, -0.15) is 0 Å². The highest BCUT2D eigenvalue weighted by Crippen LogP contribution is 2.46. The normalized spacial score (nSPS) is 16.6. The maximum absolute atomic E-state index is 8.81. The molecular weight excluding hydrogens is 340 g/mol. The van der Waals surface area contributed by atoms with Gasteiger partial charge in [-0.3, -0.25) is 0 Å². The third-order valence-electron chi connectivity index (χ3n) is 5.84. The highest BCUT2D eigenvalue weighted by Gasteiger charge is 2.36. The first-order valence-electron chi connectivity index (χ1n) is 10.1. The lowest BCUT2D eigenvalue weighted by molar-refractivity contribution is -0.106. The minimum Gasteiger partial charge on any atom is -0.304 e. The van der Waals surface area contributed by atoms with E-state index in [1.165, 1.54) is 53.1 Å². The average Bonchev–Trinajstić information content (AvgIpc) is 2.66. The first kappa shape index (κ1) is 21.9. The molecule has 0 radical (unpaired) electrons. The molecule has 28 heavy (non-hydrogen) atoms. The van der Waals surface area contributed by atoms with Gasteiger partial charge in [-0.05, 0) is 77.0 Å². The molecule has 0 aliphatic heterocycles. The van der Waals surface area contributed by atoms with E-state index in [2.05, 4.69) is 89.7 Å². The number of allylic oxidation sites excluding steroid dienone is 1. The van der Waals surface area contributed by atoms with Gasteiger partial charge in [0, 0.05) is 0 Å². The number of benzene rings is 2. The third-order valence-corrected chi connectivity index (χ3v) is 5.84. The lowest BCUT2D eigenvalue weighted by Crippen LogP contribution is -2.33. The standard InChI is InChI=1S/C25H30.C2H4O/c1-7-9-19-16-20(11-10-18(19)8-2)21-12-13-22-23(17-21)25(5,6)15-14-24(22,3)4;1-2-3/h7-13,16-17H,2,14-15H2,1,3-6H3;2H,1H3/b9-7-;. The molecule has 0 fully saturated rings. The fourth-order valence-electron chi connectivity index (χ4n) is 4.03. The van der Waals surface area contributed by atoms with Crippen LogP contribution in [0.25, 0.3) is 23.3 Å². The number of rotatable bonds is 3. The van der Waals surface area contributed by atoms with Gasteiger partial charge in [-0.15, -0.1) is 0 Å². The Labute approximate surface area is 171 Å². The zero-order valence-corrected chi connectivity index (χ0v) is 18.3. The zero-order valence-electron chi connectivity index (χ0n) is 18.3. The SMILES string of the molecule is C=Cc1ccc(-c2ccc3c(c2)C(C)(C)CCC3(C)C)cc1/C=C\C.CC=O. The van der Waals surface area contributed by atoms with Crippen molar-refractivity contribution >= 4 is 18.4 Å². The van der Waals surface area contributed by atoms with E-state index in [4.69, 9.17) is 4.79 Å². The molecule has 0 bridgehead atoms. The molecule has 1 nitrogen and oxygen atoms in total. The maximum atomic E-state index is 8.81. The second kappa shape index (κ2) is 8.73. The molecule has 2 aromatic rings. The number of aldehydes is 1. The molecule has 0 spiro atoms. The molecule has 0 saturated heterocycles. The molecule has 148 valence electrons. The Morgan fingerprint density at radius 2 is 1.36 bits per heavy atom. The van der Waals surface area contributed by atoms with Gasteiger partial charge in [0.2, 0.25) is 0 Å². The van der Waals surface area contributed by atoms with Crippen molar-refractivity contribution in [3.05, 3.63) is 71.3 Å². The largest absolute Gasteiger partial charge is 0.304 e. The first-order chi connectivity index (χ1) is 13.2. The van der Waals surface area contributed by atoms with Crippen molar-refractivity contribution < 1.29 is 4.79 Å². The van der Waals surface area contributed by atoms with E-state index in [0.29, 0.717) is 0 Å². The quantitative estimate of drug-likeness (QED) is 0.506. The van der Waals surface area contributed by atoms with Crippen molar-refractivity contribution in [2.24, 2.45) is 0 Å². The van der Waals surface area contributed by atoms with Crippen LogP contribution < -0.4 is 0 Å². The Morgan fingerprint density at radius 1 is 0.821 bits per heavy atom. The second-order valence-electron chi connectivity index (χ2n) is 8.81. The summed E-state index contributed by atoms with van der Waals surface area (Å²) < 4.78 is 0. The van der Waals surface area contributed by atoms with E-state index >= 15 is 0 Å². The second-order valence-corrected chi connectivity index (χ2v) is 8.81. The Bertz CT molecular complexity index is 881. The molecular formula is C27H34O. The van der Waals surface area contributed by atoms with Crippen molar-refractivity contribution in [3.63, 3.8) is 0 Å². The Kier molecular flexibility index (Phi) is 6.82.